The van der Waals surface area contributed by atoms with Crippen molar-refractivity contribution in [2.75, 3.05) is 14.2 Å². The summed E-state index contributed by atoms with van der Waals surface area (Å²) in [6.45, 7) is 0. The fourth-order valence-corrected chi connectivity index (χ4v) is 3.11. The number of hydrogen-bond acceptors (Lipinski definition) is 4. The number of halogens is 1. The molecule has 0 bridgehead atoms. The summed E-state index contributed by atoms with van der Waals surface area (Å²) in [5, 5.41) is 0. The van der Waals surface area contributed by atoms with E-state index in [1.807, 2.05) is 30.3 Å². The molecule has 0 amide bonds. The molecule has 0 fully saturated rings. The van der Waals surface area contributed by atoms with Crippen LogP contribution in [0.4, 0.5) is 0 Å². The maximum atomic E-state index is 12.0. The number of ether oxygens (including phenoxy) is 3. The van der Waals surface area contributed by atoms with Gasteiger partial charge in [0.05, 0.1) is 24.3 Å². The zero-order chi connectivity index (χ0) is 15.0. The van der Waals surface area contributed by atoms with E-state index in [1.54, 1.807) is 20.3 Å². The number of hydrogen-bond donors (Lipinski definition) is 0. The van der Waals surface area contributed by atoms with Gasteiger partial charge < -0.3 is 14.2 Å². The first-order chi connectivity index (χ1) is 10.2. The third-order valence-electron chi connectivity index (χ3n) is 3.46. The fraction of sp³-hybridized carbons (Fsp3) is 0.188. The minimum Gasteiger partial charge on any atom is -0.497 e. The van der Waals surface area contributed by atoms with Crippen molar-refractivity contribution in [2.45, 2.75) is 6.10 Å². The van der Waals surface area contributed by atoms with Gasteiger partial charge in [-0.05, 0) is 34.1 Å². The lowest BCUT2D eigenvalue weighted by Gasteiger charge is -2.17. The van der Waals surface area contributed by atoms with Crippen LogP contribution in [0.1, 0.15) is 27.6 Å². The van der Waals surface area contributed by atoms with E-state index in [9.17, 15) is 4.79 Å². The Morgan fingerprint density at radius 3 is 2.57 bits per heavy atom. The van der Waals surface area contributed by atoms with Gasteiger partial charge in [-0.1, -0.05) is 18.2 Å². The van der Waals surface area contributed by atoms with Crippen molar-refractivity contribution in [3.8, 4) is 11.5 Å². The minimum atomic E-state index is -0.491. The molecule has 2 aromatic rings. The second-order valence-corrected chi connectivity index (χ2v) is 5.46. The molecule has 1 unspecified atom stereocenters. The maximum absolute atomic E-state index is 12.0. The molecule has 0 radical (unpaired) electrons. The van der Waals surface area contributed by atoms with Gasteiger partial charge in [0, 0.05) is 11.1 Å². The maximum Gasteiger partial charge on any atom is 0.339 e. The van der Waals surface area contributed by atoms with E-state index < -0.39 is 6.10 Å². The minimum absolute atomic E-state index is 0.323. The molecule has 1 heterocycles. The van der Waals surface area contributed by atoms with E-state index in [2.05, 4.69) is 15.9 Å². The van der Waals surface area contributed by atoms with Crippen LogP contribution in [0.15, 0.2) is 40.9 Å². The molecule has 0 N–H and O–H groups in total. The Hall–Kier alpha value is -2.01. The lowest BCUT2D eigenvalue weighted by atomic mass is 9.98. The smallest absolute Gasteiger partial charge is 0.339 e. The number of fused-ring (bicyclic) bond motifs is 1. The van der Waals surface area contributed by atoms with Gasteiger partial charge in [-0.3, -0.25) is 0 Å². The van der Waals surface area contributed by atoms with E-state index >= 15 is 0 Å². The monoisotopic (exact) mass is 348 g/mol. The molecule has 4 nitrogen and oxygen atoms in total. The summed E-state index contributed by atoms with van der Waals surface area (Å²) in [7, 11) is 3.17. The number of esters is 1. The van der Waals surface area contributed by atoms with Crippen molar-refractivity contribution < 1.29 is 19.0 Å². The molecule has 1 atom stereocenters. The van der Waals surface area contributed by atoms with E-state index in [0.29, 0.717) is 17.1 Å². The molecule has 108 valence electrons. The summed E-state index contributed by atoms with van der Waals surface area (Å²) in [5.41, 5.74) is 2.17. The Morgan fingerprint density at radius 1 is 1.10 bits per heavy atom. The molecule has 0 aromatic heterocycles. The van der Waals surface area contributed by atoms with Gasteiger partial charge in [0.25, 0.3) is 0 Å². The van der Waals surface area contributed by atoms with Gasteiger partial charge in [0.15, 0.2) is 6.10 Å². The molecule has 1 aliphatic rings. The fourth-order valence-electron chi connectivity index (χ4n) is 2.49. The molecule has 1 aliphatic heterocycles. The topological polar surface area (TPSA) is 44.8 Å². The number of carbonyl (C=O) groups is 1. The van der Waals surface area contributed by atoms with Crippen LogP contribution in [-0.4, -0.2) is 20.2 Å². The van der Waals surface area contributed by atoms with E-state index in [0.717, 1.165) is 15.6 Å². The summed E-state index contributed by atoms with van der Waals surface area (Å²) in [6, 6.07) is 11.0. The quantitative estimate of drug-likeness (QED) is 0.793. The molecule has 2 aromatic carbocycles. The first-order valence-electron chi connectivity index (χ1n) is 6.37. The highest BCUT2D eigenvalue weighted by molar-refractivity contribution is 9.10. The van der Waals surface area contributed by atoms with Gasteiger partial charge in [0.1, 0.15) is 11.5 Å². The van der Waals surface area contributed by atoms with Crippen LogP contribution in [0.25, 0.3) is 0 Å². The molecular weight excluding hydrogens is 336 g/mol. The van der Waals surface area contributed by atoms with E-state index in [1.165, 1.54) is 0 Å². The average molecular weight is 349 g/mol. The van der Waals surface area contributed by atoms with Gasteiger partial charge in [0.2, 0.25) is 0 Å². The molecule has 0 saturated carbocycles. The van der Waals surface area contributed by atoms with Crippen LogP contribution in [0, 0.1) is 0 Å². The van der Waals surface area contributed by atoms with Crippen LogP contribution in [0.3, 0.4) is 0 Å². The molecular formula is C16H13BrO4. The van der Waals surface area contributed by atoms with Crippen LogP contribution >= 0.6 is 15.9 Å². The van der Waals surface area contributed by atoms with Crippen molar-refractivity contribution in [2.24, 2.45) is 0 Å². The van der Waals surface area contributed by atoms with Crippen molar-refractivity contribution in [1.82, 2.24) is 0 Å². The SMILES string of the molecule is COc1cc(Br)c(OC)c(C2OC(=O)c3ccccc32)c1. The highest BCUT2D eigenvalue weighted by Gasteiger charge is 2.34. The van der Waals surface area contributed by atoms with Crippen molar-refractivity contribution in [3.63, 3.8) is 0 Å². The Bertz CT molecular complexity index is 711. The standard InChI is InChI=1S/C16H13BrO4/c1-19-9-7-12(15(20-2)13(17)8-9)14-10-5-3-4-6-11(10)16(18)21-14/h3-8,14H,1-2H3. The summed E-state index contributed by atoms with van der Waals surface area (Å²) >= 11 is 3.46. The number of benzene rings is 2. The highest BCUT2D eigenvalue weighted by atomic mass is 79.9. The first kappa shape index (κ1) is 13.9. The van der Waals surface area contributed by atoms with Crippen molar-refractivity contribution in [1.29, 1.82) is 0 Å². The summed E-state index contributed by atoms with van der Waals surface area (Å²) < 4.78 is 17.0. The predicted molar refractivity (Wildman–Crippen MR) is 80.9 cm³/mol. The number of methoxy groups -OCH3 is 2. The van der Waals surface area contributed by atoms with Crippen LogP contribution in [0.2, 0.25) is 0 Å². The zero-order valence-electron chi connectivity index (χ0n) is 11.6. The van der Waals surface area contributed by atoms with Crippen molar-refractivity contribution in [3.05, 3.63) is 57.6 Å². The molecule has 5 heteroatoms. The Morgan fingerprint density at radius 2 is 1.86 bits per heavy atom. The summed E-state index contributed by atoms with van der Waals surface area (Å²) in [6.07, 6.45) is -0.491. The zero-order valence-corrected chi connectivity index (χ0v) is 13.1. The van der Waals surface area contributed by atoms with Gasteiger partial charge >= 0.3 is 5.97 Å². The predicted octanol–water partition coefficient (Wildman–Crippen LogP) is 3.73. The van der Waals surface area contributed by atoms with E-state index in [4.69, 9.17) is 14.2 Å². The second-order valence-electron chi connectivity index (χ2n) is 4.60. The number of rotatable bonds is 3. The Kier molecular flexibility index (Phi) is 3.59. The van der Waals surface area contributed by atoms with Gasteiger partial charge in [-0.2, -0.15) is 0 Å². The molecule has 0 saturated heterocycles. The largest absolute Gasteiger partial charge is 0.497 e. The Labute approximate surface area is 130 Å². The molecule has 0 aliphatic carbocycles. The number of carbonyl (C=O) groups excluding carboxylic acids is 1. The highest BCUT2D eigenvalue weighted by Crippen LogP contribution is 2.44. The van der Waals surface area contributed by atoms with Crippen LogP contribution in [0.5, 0.6) is 11.5 Å². The van der Waals surface area contributed by atoms with Crippen molar-refractivity contribution >= 4 is 21.9 Å². The molecule has 3 rings (SSSR count). The third-order valence-corrected chi connectivity index (χ3v) is 4.05. The molecule has 21 heavy (non-hydrogen) atoms. The lowest BCUT2D eigenvalue weighted by Crippen LogP contribution is -2.04. The molecule has 0 spiro atoms. The first-order valence-corrected chi connectivity index (χ1v) is 7.16. The van der Waals surface area contributed by atoms with Gasteiger partial charge in [-0.25, -0.2) is 4.79 Å². The van der Waals surface area contributed by atoms with Crippen LogP contribution in [-0.2, 0) is 4.74 Å². The summed E-state index contributed by atoms with van der Waals surface area (Å²) in [4.78, 5) is 12.0. The van der Waals surface area contributed by atoms with E-state index in [-0.39, 0.29) is 5.97 Å². The Balaban J connectivity index is 2.18. The normalized spacial score (nSPS) is 16.3. The van der Waals surface area contributed by atoms with Crippen LogP contribution < -0.4 is 9.47 Å². The summed E-state index contributed by atoms with van der Waals surface area (Å²) in [5.74, 6) is 0.972. The number of cyclic esters (lactones) is 1. The van der Waals surface area contributed by atoms with Gasteiger partial charge in [-0.15, -0.1) is 0 Å². The second kappa shape index (κ2) is 5.41. The lowest BCUT2D eigenvalue weighted by molar-refractivity contribution is 0.0452. The third kappa shape index (κ3) is 2.27. The average Bonchev–Trinajstić information content (AvgIpc) is 2.84.